The summed E-state index contributed by atoms with van der Waals surface area (Å²) in [6.07, 6.45) is 5.34. The fourth-order valence-corrected chi connectivity index (χ4v) is 5.25. The second kappa shape index (κ2) is 10.2. The van der Waals surface area contributed by atoms with Gasteiger partial charge in [0.15, 0.2) is 5.82 Å². The van der Waals surface area contributed by atoms with Crippen molar-refractivity contribution >= 4 is 38.4 Å². The van der Waals surface area contributed by atoms with Gasteiger partial charge in [-0.15, -0.1) is 0 Å². The molecule has 3 heterocycles. The van der Waals surface area contributed by atoms with Crippen molar-refractivity contribution in [2.24, 2.45) is 0 Å². The number of carbonyl (C=O) groups is 1. The van der Waals surface area contributed by atoms with E-state index in [9.17, 15) is 17.6 Å². The molecule has 37 heavy (non-hydrogen) atoms. The van der Waals surface area contributed by atoms with Crippen molar-refractivity contribution in [1.29, 1.82) is 0 Å². The Morgan fingerprint density at radius 1 is 1.27 bits per heavy atom. The van der Waals surface area contributed by atoms with E-state index in [1.54, 1.807) is 24.4 Å². The normalized spacial score (nSPS) is 15.1. The number of anilines is 2. The molecule has 0 aliphatic carbocycles. The Morgan fingerprint density at radius 2 is 1.97 bits per heavy atom. The van der Waals surface area contributed by atoms with Gasteiger partial charge in [0, 0.05) is 54.4 Å². The molecule has 0 atom stereocenters. The number of nitrogens with zero attached hydrogens (tertiary/aromatic N) is 3. The number of pyridine rings is 1. The number of carbonyl (C=O) groups excluding carboxylic acids is 1. The summed E-state index contributed by atoms with van der Waals surface area (Å²) < 4.78 is 42.1. The lowest BCUT2D eigenvalue weighted by Gasteiger charge is -2.40. The highest BCUT2D eigenvalue weighted by Gasteiger charge is 2.30. The van der Waals surface area contributed by atoms with E-state index in [2.05, 4.69) is 20.2 Å². The number of aromatic amines is 1. The predicted molar refractivity (Wildman–Crippen MR) is 143 cm³/mol. The van der Waals surface area contributed by atoms with Crippen molar-refractivity contribution in [2.45, 2.75) is 52.1 Å². The van der Waals surface area contributed by atoms with Gasteiger partial charge in [-0.1, -0.05) is 0 Å². The van der Waals surface area contributed by atoms with Crippen LogP contribution in [0.3, 0.4) is 0 Å². The number of benzene rings is 1. The molecule has 4 rings (SSSR count). The van der Waals surface area contributed by atoms with Crippen molar-refractivity contribution in [3.63, 3.8) is 0 Å². The van der Waals surface area contributed by atoms with Crippen LogP contribution < -0.4 is 14.4 Å². The molecule has 1 fully saturated rings. The van der Waals surface area contributed by atoms with Gasteiger partial charge in [-0.2, -0.15) is 8.42 Å². The van der Waals surface area contributed by atoms with Gasteiger partial charge < -0.3 is 24.3 Å². The molecule has 0 bridgehead atoms. The van der Waals surface area contributed by atoms with Crippen molar-refractivity contribution in [3.05, 3.63) is 48.0 Å². The highest BCUT2D eigenvalue weighted by atomic mass is 32.2. The smallest absolute Gasteiger partial charge is 0.306 e. The largest absolute Gasteiger partial charge is 0.383 e. The Kier molecular flexibility index (Phi) is 7.36. The minimum absolute atomic E-state index is 0.126. The number of nitrogens with one attached hydrogen (secondary N) is 2. The van der Waals surface area contributed by atoms with Crippen LogP contribution in [0, 0.1) is 5.82 Å². The predicted octanol–water partition coefficient (Wildman–Crippen LogP) is 4.38. The fourth-order valence-electron chi connectivity index (χ4n) is 4.79. The second-order valence-electron chi connectivity index (χ2n) is 10.4. The zero-order valence-electron chi connectivity index (χ0n) is 21.8. The second-order valence-corrected chi connectivity index (χ2v) is 12.0. The molecule has 1 aliphatic rings. The highest BCUT2D eigenvalue weighted by Crippen LogP contribution is 2.32. The maximum Gasteiger partial charge on any atom is 0.306 e. The highest BCUT2D eigenvalue weighted by molar-refractivity contribution is 7.86. The summed E-state index contributed by atoms with van der Waals surface area (Å²) in [5.41, 5.74) is 1.58. The molecule has 1 saturated heterocycles. The Bertz CT molecular complexity index is 1390. The summed E-state index contributed by atoms with van der Waals surface area (Å²) >= 11 is 0. The van der Waals surface area contributed by atoms with E-state index in [0.717, 1.165) is 24.6 Å². The number of fused-ring (bicyclic) bond motifs is 1. The lowest BCUT2D eigenvalue weighted by molar-refractivity contribution is 0.0714. The first-order valence-electron chi connectivity index (χ1n) is 12.3. The molecule has 1 aromatic carbocycles. The first kappa shape index (κ1) is 26.7. The summed E-state index contributed by atoms with van der Waals surface area (Å²) in [7, 11) is -3.68. The van der Waals surface area contributed by atoms with Crippen LogP contribution in [0.1, 0.15) is 50.9 Å². The molecule has 9 nitrogen and oxygen atoms in total. The minimum Gasteiger partial charge on any atom is -0.383 e. The van der Waals surface area contributed by atoms with Gasteiger partial charge in [-0.3, -0.25) is 4.79 Å². The summed E-state index contributed by atoms with van der Waals surface area (Å²) in [6, 6.07) is 6.43. The van der Waals surface area contributed by atoms with Gasteiger partial charge in [0.25, 0.3) is 5.91 Å². The average Bonchev–Trinajstić information content (AvgIpc) is 3.22. The Labute approximate surface area is 217 Å². The summed E-state index contributed by atoms with van der Waals surface area (Å²) in [5.74, 6) is 0.348. The van der Waals surface area contributed by atoms with Crippen LogP contribution >= 0.6 is 0 Å². The van der Waals surface area contributed by atoms with Crippen LogP contribution in [-0.4, -0.2) is 66.7 Å². The molecule has 1 aliphatic heterocycles. The van der Waals surface area contributed by atoms with E-state index in [-0.39, 0.29) is 23.2 Å². The van der Waals surface area contributed by atoms with E-state index >= 15 is 0 Å². The van der Waals surface area contributed by atoms with Crippen molar-refractivity contribution in [1.82, 2.24) is 14.9 Å². The zero-order valence-corrected chi connectivity index (χ0v) is 22.7. The number of likely N-dealkylation sites (tertiary alicyclic amines) is 1. The molecule has 2 aromatic heterocycles. The molecule has 0 unspecified atom stereocenters. The minimum atomic E-state index is -3.68. The quantitative estimate of drug-likeness (QED) is 0.436. The van der Waals surface area contributed by atoms with Crippen LogP contribution in [-0.2, 0) is 10.1 Å². The first-order chi connectivity index (χ1) is 17.3. The number of hydrogen-bond donors (Lipinski definition) is 2. The number of halogens is 1. The van der Waals surface area contributed by atoms with Crippen molar-refractivity contribution < 1.29 is 21.8 Å². The third-order valence-corrected chi connectivity index (χ3v) is 6.77. The maximum absolute atomic E-state index is 14.0. The van der Waals surface area contributed by atoms with Gasteiger partial charge in [0.05, 0.1) is 23.7 Å². The van der Waals surface area contributed by atoms with E-state index in [1.165, 1.54) is 12.3 Å². The Balaban J connectivity index is 1.50. The number of rotatable bonds is 7. The topological polar surface area (TPSA) is 108 Å². The third kappa shape index (κ3) is 6.33. The summed E-state index contributed by atoms with van der Waals surface area (Å²) in [6.45, 7) is 9.90. The molecular formula is C26H34FN5O4S. The number of aromatic nitrogens is 2. The zero-order chi connectivity index (χ0) is 27.0. The van der Waals surface area contributed by atoms with E-state index in [4.69, 9.17) is 4.18 Å². The molecule has 200 valence electrons. The molecule has 0 saturated carbocycles. The van der Waals surface area contributed by atoms with E-state index < -0.39 is 15.9 Å². The molecule has 2 N–H and O–H groups in total. The molecule has 0 radical (unpaired) electrons. The van der Waals surface area contributed by atoms with Gasteiger partial charge in [0.1, 0.15) is 11.6 Å². The van der Waals surface area contributed by atoms with Crippen molar-refractivity contribution in [2.75, 3.05) is 36.1 Å². The maximum atomic E-state index is 14.0. The van der Waals surface area contributed by atoms with E-state index in [0.29, 0.717) is 42.1 Å². The number of piperidine rings is 1. The van der Waals surface area contributed by atoms with Gasteiger partial charge >= 0.3 is 10.1 Å². The van der Waals surface area contributed by atoms with Crippen LogP contribution in [0.2, 0.25) is 0 Å². The summed E-state index contributed by atoms with van der Waals surface area (Å²) in [5, 5.41) is 3.97. The average molecular weight is 532 g/mol. The molecular weight excluding hydrogens is 497 g/mol. The molecule has 11 heteroatoms. The lowest BCUT2D eigenvalue weighted by atomic mass is 10.0. The molecule has 0 spiro atoms. The number of H-pyrrole nitrogens is 1. The van der Waals surface area contributed by atoms with Gasteiger partial charge in [-0.05, 0) is 58.7 Å². The third-order valence-electron chi connectivity index (χ3n) is 6.28. The molecule has 1 amide bonds. The first-order valence-corrected chi connectivity index (χ1v) is 14.2. The summed E-state index contributed by atoms with van der Waals surface area (Å²) in [4.78, 5) is 24.9. The lowest BCUT2D eigenvalue weighted by Crippen LogP contribution is -2.47. The monoisotopic (exact) mass is 531 g/mol. The number of hydrogen-bond acceptors (Lipinski definition) is 7. The fraction of sp³-hybridized carbons (Fsp3) is 0.462. The van der Waals surface area contributed by atoms with Gasteiger partial charge in [-0.25, -0.2) is 9.37 Å². The van der Waals surface area contributed by atoms with Gasteiger partial charge in [0.2, 0.25) is 0 Å². The van der Waals surface area contributed by atoms with Crippen LogP contribution in [0.5, 0.6) is 5.75 Å². The number of amides is 1. The van der Waals surface area contributed by atoms with Crippen molar-refractivity contribution in [3.8, 4) is 5.75 Å². The van der Waals surface area contributed by atoms with Crippen LogP contribution in [0.25, 0.3) is 10.9 Å². The van der Waals surface area contributed by atoms with Crippen LogP contribution in [0.15, 0.2) is 36.7 Å². The SMILES string of the molecule is CCN(c1ncc(F)cc1NC(C)(C)C)C1CCN(C(=O)c2c[nH]c3ccc(OS(C)(=O)=O)cc23)CC1. The van der Waals surface area contributed by atoms with E-state index in [1.807, 2.05) is 32.6 Å². The Morgan fingerprint density at radius 3 is 2.59 bits per heavy atom. The Hall–Kier alpha value is -3.34. The molecule has 3 aromatic rings. The standard InChI is InChI=1S/C26H34FN5O4S/c1-6-32(24-23(30-26(2,3)4)13-17(27)15-29-24)18-9-11-31(12-10-18)25(33)21-16-28-22-8-7-19(14-20(21)22)36-37(5,34)35/h7-8,13-16,18,28,30H,6,9-12H2,1-5H3. The van der Waals surface area contributed by atoms with Crippen LogP contribution in [0.4, 0.5) is 15.9 Å².